The molecule has 0 aromatic carbocycles. The highest BCUT2D eigenvalue weighted by molar-refractivity contribution is 5.76. The smallest absolute Gasteiger partial charge is 0.220 e. The summed E-state index contributed by atoms with van der Waals surface area (Å²) in [6, 6.07) is -2.50. The SMILES string of the molecule is C[C@H](CCC(=O)N[C@H]1[C@H](O[C@H]2[C@H](O)[C@@H](N)[C@H](O)O[C@@H]2COCCO)O[C@H](COCCO)[C@@H](O)[C@@H]1O)[C@H]1CC[C@H]2[C@@H]3CC[C@@H]4CCCC[C@]4(C)[C@H]3CC[C@]12C. The Kier molecular flexibility index (Phi) is 14.4. The monoisotopic (exact) mass is 770 g/mol. The first kappa shape index (κ1) is 42.6. The zero-order chi connectivity index (χ0) is 38.8. The summed E-state index contributed by atoms with van der Waals surface area (Å²) in [5, 5.41) is 65.0. The minimum atomic E-state index is -1.54. The predicted molar refractivity (Wildman–Crippen MR) is 196 cm³/mol. The van der Waals surface area contributed by atoms with Crippen LogP contribution in [0.15, 0.2) is 0 Å². The Labute approximate surface area is 320 Å². The van der Waals surface area contributed by atoms with Crippen LogP contribution in [0.5, 0.6) is 0 Å². The highest BCUT2D eigenvalue weighted by Crippen LogP contribution is 2.68. The van der Waals surface area contributed by atoms with Crippen LogP contribution in [-0.4, -0.2) is 137 Å². The molecule has 14 heteroatoms. The number of ether oxygens (including phenoxy) is 5. The van der Waals surface area contributed by atoms with Crippen LogP contribution in [-0.2, 0) is 28.5 Å². The lowest BCUT2D eigenvalue weighted by atomic mass is 9.44. The van der Waals surface area contributed by atoms with Gasteiger partial charge in [-0.2, -0.15) is 0 Å². The Morgan fingerprint density at radius 1 is 0.833 bits per heavy atom. The van der Waals surface area contributed by atoms with Crippen molar-refractivity contribution in [1.82, 2.24) is 5.32 Å². The van der Waals surface area contributed by atoms with Crippen molar-refractivity contribution in [2.45, 2.75) is 159 Å². The zero-order valence-corrected chi connectivity index (χ0v) is 32.7. The third-order valence-electron chi connectivity index (χ3n) is 15.3. The Morgan fingerprint density at radius 2 is 1.54 bits per heavy atom. The van der Waals surface area contributed by atoms with Gasteiger partial charge in [0, 0.05) is 6.42 Å². The van der Waals surface area contributed by atoms with Gasteiger partial charge in [-0.3, -0.25) is 4.79 Å². The number of hydrogen-bond donors (Lipinski definition) is 8. The third-order valence-corrected chi connectivity index (χ3v) is 15.3. The Balaban J connectivity index is 1.10. The Bertz CT molecular complexity index is 1220. The fraction of sp³-hybridized carbons (Fsp3) is 0.975. The molecular formula is C40H70N2O12. The van der Waals surface area contributed by atoms with Crippen LogP contribution in [0.25, 0.3) is 0 Å². The summed E-state index contributed by atoms with van der Waals surface area (Å²) in [5.41, 5.74) is 6.79. The van der Waals surface area contributed by atoms with Crippen LogP contribution >= 0.6 is 0 Å². The van der Waals surface area contributed by atoms with Crippen molar-refractivity contribution in [3.05, 3.63) is 0 Å². The van der Waals surface area contributed by atoms with Gasteiger partial charge in [-0.25, -0.2) is 0 Å². The van der Waals surface area contributed by atoms with E-state index in [1.165, 1.54) is 64.2 Å². The normalized spacial score (nSPS) is 47.0. The molecule has 1 amide bonds. The highest BCUT2D eigenvalue weighted by Gasteiger charge is 2.60. The van der Waals surface area contributed by atoms with E-state index in [9.17, 15) is 35.4 Å². The zero-order valence-electron chi connectivity index (χ0n) is 32.7. The molecule has 2 heterocycles. The number of carbonyl (C=O) groups excluding carboxylic acids is 1. The van der Waals surface area contributed by atoms with Gasteiger partial charge in [0.15, 0.2) is 12.6 Å². The Morgan fingerprint density at radius 3 is 2.26 bits per heavy atom. The van der Waals surface area contributed by atoms with E-state index in [1.807, 2.05) is 0 Å². The van der Waals surface area contributed by atoms with Gasteiger partial charge >= 0.3 is 0 Å². The van der Waals surface area contributed by atoms with Crippen molar-refractivity contribution in [2.75, 3.05) is 39.6 Å². The van der Waals surface area contributed by atoms with Crippen molar-refractivity contribution in [3.63, 3.8) is 0 Å². The fourth-order valence-electron chi connectivity index (χ4n) is 12.4. The molecule has 0 unspecified atom stereocenters. The summed E-state index contributed by atoms with van der Waals surface area (Å²) >= 11 is 0. The number of amides is 1. The number of hydrogen-bond acceptors (Lipinski definition) is 13. The molecule has 0 spiro atoms. The van der Waals surface area contributed by atoms with E-state index in [4.69, 9.17) is 29.4 Å². The average Bonchev–Trinajstić information content (AvgIpc) is 3.51. The van der Waals surface area contributed by atoms with Crippen molar-refractivity contribution < 1.29 is 59.1 Å². The van der Waals surface area contributed by atoms with E-state index < -0.39 is 61.3 Å². The van der Waals surface area contributed by atoms with Crippen molar-refractivity contribution in [2.24, 2.45) is 52.1 Å². The van der Waals surface area contributed by atoms with Gasteiger partial charge in [-0.1, -0.05) is 33.6 Å². The second kappa shape index (κ2) is 18.3. The van der Waals surface area contributed by atoms with Crippen LogP contribution in [0.2, 0.25) is 0 Å². The first-order chi connectivity index (χ1) is 25.8. The van der Waals surface area contributed by atoms with Gasteiger partial charge in [0.1, 0.15) is 42.7 Å². The molecule has 0 aromatic heterocycles. The summed E-state index contributed by atoms with van der Waals surface area (Å²) in [6.07, 6.45) is 3.49. The molecule has 14 nitrogen and oxygen atoms in total. The molecule has 0 bridgehead atoms. The van der Waals surface area contributed by atoms with E-state index in [2.05, 4.69) is 26.1 Å². The number of fused-ring (bicyclic) bond motifs is 5. The maximum absolute atomic E-state index is 13.7. The fourth-order valence-corrected chi connectivity index (χ4v) is 12.4. The van der Waals surface area contributed by atoms with E-state index in [1.54, 1.807) is 0 Å². The molecule has 2 saturated heterocycles. The van der Waals surface area contributed by atoms with Gasteiger partial charge in [0.2, 0.25) is 5.91 Å². The number of nitrogens with two attached hydrogens (primary N) is 1. The number of nitrogens with one attached hydrogen (secondary N) is 1. The van der Waals surface area contributed by atoms with E-state index in [0.29, 0.717) is 23.7 Å². The van der Waals surface area contributed by atoms with Crippen LogP contribution in [0.4, 0.5) is 0 Å². The molecule has 0 radical (unpaired) electrons. The van der Waals surface area contributed by atoms with Gasteiger partial charge in [0.25, 0.3) is 0 Å². The molecule has 4 aliphatic carbocycles. The lowest BCUT2D eigenvalue weighted by Gasteiger charge is -2.61. The summed E-state index contributed by atoms with van der Waals surface area (Å²) < 4.78 is 28.7. The van der Waals surface area contributed by atoms with E-state index in [0.717, 1.165) is 23.7 Å². The molecule has 54 heavy (non-hydrogen) atoms. The van der Waals surface area contributed by atoms with Crippen LogP contribution in [0.3, 0.4) is 0 Å². The quantitative estimate of drug-likeness (QED) is 0.110. The van der Waals surface area contributed by atoms with E-state index in [-0.39, 0.29) is 57.4 Å². The maximum atomic E-state index is 13.7. The number of rotatable bonds is 15. The first-order valence-electron chi connectivity index (χ1n) is 20.9. The molecule has 312 valence electrons. The molecule has 6 aliphatic rings. The minimum Gasteiger partial charge on any atom is -0.394 e. The summed E-state index contributed by atoms with van der Waals surface area (Å²) in [5.74, 6) is 3.82. The molecular weight excluding hydrogens is 700 g/mol. The third kappa shape index (κ3) is 8.56. The minimum absolute atomic E-state index is 0.0272. The second-order valence-electron chi connectivity index (χ2n) is 18.1. The lowest BCUT2D eigenvalue weighted by Crippen LogP contribution is -2.68. The van der Waals surface area contributed by atoms with Gasteiger partial charge < -0.3 is 65.4 Å². The molecule has 0 aromatic rings. The van der Waals surface area contributed by atoms with Gasteiger partial charge in [-0.05, 0) is 104 Å². The van der Waals surface area contributed by atoms with Crippen LogP contribution in [0.1, 0.15) is 97.8 Å². The summed E-state index contributed by atoms with van der Waals surface area (Å²) in [7, 11) is 0. The summed E-state index contributed by atoms with van der Waals surface area (Å²) in [4.78, 5) is 13.7. The van der Waals surface area contributed by atoms with E-state index >= 15 is 0 Å². The molecule has 2 aliphatic heterocycles. The molecule has 18 atom stereocenters. The maximum Gasteiger partial charge on any atom is 0.220 e. The predicted octanol–water partition coefficient (Wildman–Crippen LogP) is 1.19. The van der Waals surface area contributed by atoms with Crippen molar-refractivity contribution >= 4 is 5.91 Å². The Hall–Kier alpha value is -1.01. The van der Waals surface area contributed by atoms with Gasteiger partial charge in [0.05, 0.1) is 45.7 Å². The highest BCUT2D eigenvalue weighted by atomic mass is 16.7. The van der Waals surface area contributed by atoms with Gasteiger partial charge in [-0.15, -0.1) is 0 Å². The van der Waals surface area contributed by atoms with Crippen molar-refractivity contribution in [1.29, 1.82) is 0 Å². The largest absolute Gasteiger partial charge is 0.394 e. The van der Waals surface area contributed by atoms with Crippen LogP contribution < -0.4 is 11.1 Å². The number of aliphatic hydroxyl groups is 6. The van der Waals surface area contributed by atoms with Crippen molar-refractivity contribution in [3.8, 4) is 0 Å². The number of carbonyl (C=O) groups is 1. The molecule has 6 rings (SSSR count). The first-order valence-corrected chi connectivity index (χ1v) is 20.9. The molecule has 6 fully saturated rings. The number of aliphatic hydroxyl groups excluding tert-OH is 6. The average molecular weight is 771 g/mol. The second-order valence-corrected chi connectivity index (χ2v) is 18.1. The lowest BCUT2D eigenvalue weighted by molar-refractivity contribution is -0.328. The summed E-state index contributed by atoms with van der Waals surface area (Å²) in [6.45, 7) is 6.49. The standard InChI is InChI=1S/C40H70N2O12/c1-22(25-10-11-26-24-9-8-23-6-4-5-14-39(23,2)27(24)13-15-40(25,26)3)7-12-30(45)42-32-35(48)33(46)28(20-50-18-16-43)53-38(32)54-36-29(21-51-19-17-44)52-37(49)31(41)34(36)47/h22-29,31-38,43-44,46-49H,4-21,41H2,1-3H3,(H,42,45)/t22-,23+,24+,25-,26+,27+,28-,29-,31-,32-,33-,34-,35-,36-,37-,38+,39+,40-/m1/s1. The molecule has 9 N–H and O–H groups in total. The molecule has 4 saturated carbocycles. The van der Waals surface area contributed by atoms with Crippen LogP contribution in [0, 0.1) is 46.3 Å². The topological polar surface area (TPSA) is 223 Å².